The van der Waals surface area contributed by atoms with E-state index in [0.29, 0.717) is 5.41 Å². The number of anilines is 3. The van der Waals surface area contributed by atoms with Crippen LogP contribution >= 0.6 is 0 Å². The van der Waals surface area contributed by atoms with Gasteiger partial charge in [-0.3, -0.25) is 0 Å². The number of hydrogen-bond donors (Lipinski definition) is 0. The van der Waals surface area contributed by atoms with Crippen LogP contribution in [0.15, 0.2) is 164 Å². The van der Waals surface area contributed by atoms with Crippen molar-refractivity contribution in [2.24, 2.45) is 17.8 Å². The Kier molecular flexibility index (Phi) is 6.77. The molecule has 4 aliphatic carbocycles. The number of rotatable bonds is 6. The van der Waals surface area contributed by atoms with Gasteiger partial charge in [0.25, 0.3) is 0 Å². The summed E-state index contributed by atoms with van der Waals surface area (Å²) in [5, 5.41) is 5.09. The Morgan fingerprint density at radius 2 is 1.04 bits per heavy atom. The molecule has 8 aromatic rings. The Morgan fingerprint density at radius 3 is 1.77 bits per heavy atom. The minimum absolute atomic E-state index is 0.405. The molecule has 7 aromatic carbocycles. The third-order valence-corrected chi connectivity index (χ3v) is 12.9. The van der Waals surface area contributed by atoms with Crippen LogP contribution in [0.2, 0.25) is 0 Å². The van der Waals surface area contributed by atoms with E-state index < -0.39 is 0 Å². The lowest BCUT2D eigenvalue weighted by Crippen LogP contribution is -2.48. The van der Waals surface area contributed by atoms with Gasteiger partial charge in [0.1, 0.15) is 0 Å². The highest BCUT2D eigenvalue weighted by Crippen LogP contribution is 2.61. The highest BCUT2D eigenvalue weighted by Gasteiger charge is 2.51. The van der Waals surface area contributed by atoms with Crippen molar-refractivity contribution in [1.29, 1.82) is 0 Å². The van der Waals surface area contributed by atoms with E-state index in [1.54, 1.807) is 5.56 Å². The summed E-state index contributed by atoms with van der Waals surface area (Å²) < 4.78 is 2.48. The summed E-state index contributed by atoms with van der Waals surface area (Å²) in [7, 11) is 0. The van der Waals surface area contributed by atoms with Crippen LogP contribution in [0.3, 0.4) is 0 Å². The second-order valence-corrected chi connectivity index (χ2v) is 16.0. The Balaban J connectivity index is 0.999. The molecule has 0 saturated heterocycles. The highest BCUT2D eigenvalue weighted by atomic mass is 15.1. The Labute approximate surface area is 306 Å². The SMILES string of the molecule is c1ccc(N(c2ccc(-c3ccccc3-n3c4ccccc4c4ccc5ccccc5c43)cc2)c2ccc(C34CC5C[C@H](C3)C[C@H](C5)C4)cc2)cc1. The summed E-state index contributed by atoms with van der Waals surface area (Å²) in [5.74, 6) is 2.85. The molecule has 4 bridgehead atoms. The molecule has 0 aliphatic heterocycles. The normalized spacial score (nSPS) is 22.0. The van der Waals surface area contributed by atoms with Crippen molar-refractivity contribution in [2.75, 3.05) is 4.90 Å². The van der Waals surface area contributed by atoms with Crippen LogP contribution < -0.4 is 4.90 Å². The predicted molar refractivity (Wildman–Crippen MR) is 218 cm³/mol. The van der Waals surface area contributed by atoms with Gasteiger partial charge in [0.15, 0.2) is 0 Å². The van der Waals surface area contributed by atoms with E-state index in [4.69, 9.17) is 0 Å². The molecule has 252 valence electrons. The Hall–Kier alpha value is -5.60. The van der Waals surface area contributed by atoms with Crippen LogP contribution in [-0.2, 0) is 5.41 Å². The number of para-hydroxylation sites is 3. The van der Waals surface area contributed by atoms with Gasteiger partial charge in [-0.15, -0.1) is 0 Å². The van der Waals surface area contributed by atoms with E-state index in [-0.39, 0.29) is 0 Å². The zero-order valence-electron chi connectivity index (χ0n) is 29.5. The van der Waals surface area contributed by atoms with E-state index in [9.17, 15) is 0 Å². The number of benzene rings is 7. The lowest BCUT2D eigenvalue weighted by molar-refractivity contribution is -0.00518. The standard InChI is InChI=1S/C50H42N2/c1-2-11-40(12-3-1)51(42-25-21-39(22-26-42)50-31-34-28-35(32-50)30-36(29-34)33-50)41-23-18-38(19-24-41)43-13-6-8-16-47(43)52-48-17-9-7-15-45(48)46-27-20-37-10-4-5-14-44(37)49(46)52/h1-27,34-36H,28-33H2/t34-,35-,36?,50?/m1/s1. The van der Waals surface area contributed by atoms with Crippen LogP contribution in [0.4, 0.5) is 17.1 Å². The fraction of sp³-hybridized carbons (Fsp3) is 0.200. The summed E-state index contributed by atoms with van der Waals surface area (Å²) in [6.45, 7) is 0. The molecule has 12 rings (SSSR count). The van der Waals surface area contributed by atoms with E-state index >= 15 is 0 Å². The van der Waals surface area contributed by atoms with Gasteiger partial charge in [-0.1, -0.05) is 115 Å². The van der Waals surface area contributed by atoms with Gasteiger partial charge in [-0.25, -0.2) is 0 Å². The molecule has 0 unspecified atom stereocenters. The summed E-state index contributed by atoms with van der Waals surface area (Å²) in [4.78, 5) is 2.41. The third kappa shape index (κ3) is 4.70. The van der Waals surface area contributed by atoms with Crippen molar-refractivity contribution in [3.63, 3.8) is 0 Å². The molecule has 52 heavy (non-hydrogen) atoms. The van der Waals surface area contributed by atoms with Gasteiger partial charge in [0.05, 0.1) is 16.7 Å². The number of fused-ring (bicyclic) bond motifs is 5. The smallest absolute Gasteiger partial charge is 0.0619 e. The fourth-order valence-electron chi connectivity index (χ4n) is 11.1. The van der Waals surface area contributed by atoms with Crippen LogP contribution in [0.1, 0.15) is 44.1 Å². The molecule has 4 fully saturated rings. The van der Waals surface area contributed by atoms with Gasteiger partial charge in [0.2, 0.25) is 0 Å². The fourth-order valence-corrected chi connectivity index (χ4v) is 11.1. The second kappa shape index (κ2) is 11.7. The molecule has 2 heteroatoms. The molecular formula is C50H42N2. The molecule has 4 aliphatic rings. The van der Waals surface area contributed by atoms with Crippen LogP contribution in [0.5, 0.6) is 0 Å². The van der Waals surface area contributed by atoms with E-state index in [1.165, 1.54) is 99.3 Å². The number of hydrogen-bond acceptors (Lipinski definition) is 1. The van der Waals surface area contributed by atoms with Gasteiger partial charge in [-0.05, 0) is 127 Å². The Bertz CT molecular complexity index is 2560. The minimum atomic E-state index is 0.405. The monoisotopic (exact) mass is 670 g/mol. The van der Waals surface area contributed by atoms with E-state index in [2.05, 4.69) is 173 Å². The molecule has 4 saturated carbocycles. The highest BCUT2D eigenvalue weighted by molar-refractivity contribution is 6.18. The minimum Gasteiger partial charge on any atom is -0.311 e. The van der Waals surface area contributed by atoms with Crippen molar-refractivity contribution in [3.8, 4) is 16.8 Å². The Morgan fingerprint density at radius 1 is 0.462 bits per heavy atom. The zero-order chi connectivity index (χ0) is 34.2. The first-order valence-corrected chi connectivity index (χ1v) is 19.3. The van der Waals surface area contributed by atoms with Crippen molar-refractivity contribution in [3.05, 3.63) is 169 Å². The first kappa shape index (κ1) is 30.1. The lowest BCUT2D eigenvalue weighted by Gasteiger charge is -2.57. The van der Waals surface area contributed by atoms with Crippen LogP contribution in [-0.4, -0.2) is 4.57 Å². The van der Waals surface area contributed by atoms with Crippen molar-refractivity contribution < 1.29 is 0 Å². The number of aromatic nitrogens is 1. The lowest BCUT2D eigenvalue weighted by atomic mass is 9.48. The largest absolute Gasteiger partial charge is 0.311 e. The van der Waals surface area contributed by atoms with Gasteiger partial charge < -0.3 is 9.47 Å². The molecule has 2 nitrogen and oxygen atoms in total. The topological polar surface area (TPSA) is 8.17 Å². The third-order valence-electron chi connectivity index (χ3n) is 12.9. The molecule has 1 heterocycles. The average molecular weight is 671 g/mol. The molecule has 0 radical (unpaired) electrons. The van der Waals surface area contributed by atoms with Gasteiger partial charge in [-0.2, -0.15) is 0 Å². The molecule has 0 amide bonds. The van der Waals surface area contributed by atoms with Crippen LogP contribution in [0, 0.1) is 17.8 Å². The molecule has 0 N–H and O–H groups in total. The second-order valence-electron chi connectivity index (χ2n) is 16.0. The zero-order valence-corrected chi connectivity index (χ0v) is 29.5. The maximum Gasteiger partial charge on any atom is 0.0619 e. The quantitative estimate of drug-likeness (QED) is 0.171. The first-order chi connectivity index (χ1) is 25.7. The van der Waals surface area contributed by atoms with Gasteiger partial charge in [0, 0.05) is 38.8 Å². The number of nitrogens with zero attached hydrogens (tertiary/aromatic N) is 2. The molecule has 0 spiro atoms. The first-order valence-electron chi connectivity index (χ1n) is 19.3. The van der Waals surface area contributed by atoms with Gasteiger partial charge >= 0.3 is 0 Å². The summed E-state index contributed by atoms with van der Waals surface area (Å²) in [6.07, 6.45) is 8.64. The van der Waals surface area contributed by atoms with E-state index in [0.717, 1.165) is 23.4 Å². The predicted octanol–water partition coefficient (Wildman–Crippen LogP) is 13.5. The van der Waals surface area contributed by atoms with Crippen LogP contribution in [0.25, 0.3) is 49.4 Å². The average Bonchev–Trinajstić information content (AvgIpc) is 3.53. The van der Waals surface area contributed by atoms with Crippen molar-refractivity contribution >= 4 is 49.6 Å². The summed E-state index contributed by atoms with van der Waals surface area (Å²) in [5.41, 5.74) is 11.6. The van der Waals surface area contributed by atoms with E-state index in [1.807, 2.05) is 0 Å². The maximum absolute atomic E-state index is 2.48. The summed E-state index contributed by atoms with van der Waals surface area (Å²) in [6, 6.07) is 60.8. The molecule has 0 atom stereocenters. The maximum atomic E-state index is 2.48. The van der Waals surface area contributed by atoms with Crippen molar-refractivity contribution in [1.82, 2.24) is 4.57 Å². The molecular weight excluding hydrogens is 629 g/mol. The van der Waals surface area contributed by atoms with Crippen molar-refractivity contribution in [2.45, 2.75) is 43.9 Å². The molecule has 1 aromatic heterocycles. The summed E-state index contributed by atoms with van der Waals surface area (Å²) >= 11 is 0.